The molecule has 1 atom stereocenters. The van der Waals surface area contributed by atoms with E-state index in [1.54, 1.807) is 4.90 Å². The third-order valence-corrected chi connectivity index (χ3v) is 4.81. The number of rotatable bonds is 6. The molecule has 0 radical (unpaired) electrons. The number of nitrogens with one attached hydrogen (secondary N) is 2. The van der Waals surface area contributed by atoms with E-state index in [9.17, 15) is 9.59 Å². The normalized spacial score (nSPS) is 17.3. The van der Waals surface area contributed by atoms with E-state index in [1.165, 1.54) is 0 Å². The van der Waals surface area contributed by atoms with Crippen molar-refractivity contribution in [3.63, 3.8) is 0 Å². The molecule has 7 nitrogen and oxygen atoms in total. The summed E-state index contributed by atoms with van der Waals surface area (Å²) < 4.78 is 2.10. The highest BCUT2D eigenvalue weighted by atomic mass is 16.2. The number of fused-ring (bicyclic) bond motifs is 1. The second-order valence-corrected chi connectivity index (χ2v) is 6.69. The maximum Gasteiger partial charge on any atom is 0.317 e. The van der Waals surface area contributed by atoms with Crippen LogP contribution in [0, 0.1) is 5.92 Å². The average molecular weight is 357 g/mol. The quantitative estimate of drug-likeness (QED) is 0.776. The molecule has 1 aliphatic rings. The minimum atomic E-state index is -0.0910. The molecule has 1 unspecified atom stereocenters. The van der Waals surface area contributed by atoms with Gasteiger partial charge in [0.05, 0.1) is 23.3 Å². The molecule has 140 valence electrons. The molecule has 0 bridgehead atoms. The fourth-order valence-corrected chi connectivity index (χ4v) is 3.44. The second-order valence-electron chi connectivity index (χ2n) is 6.69. The molecule has 1 saturated heterocycles. The second kappa shape index (κ2) is 8.69. The van der Waals surface area contributed by atoms with E-state index in [0.29, 0.717) is 26.2 Å². The summed E-state index contributed by atoms with van der Waals surface area (Å²) in [5.74, 6) is -0.0382. The first kappa shape index (κ1) is 18.2. The predicted molar refractivity (Wildman–Crippen MR) is 101 cm³/mol. The van der Waals surface area contributed by atoms with Crippen LogP contribution in [0.3, 0.4) is 0 Å². The number of piperidine rings is 1. The van der Waals surface area contributed by atoms with Gasteiger partial charge in [0.15, 0.2) is 0 Å². The van der Waals surface area contributed by atoms with E-state index in [-0.39, 0.29) is 17.9 Å². The van der Waals surface area contributed by atoms with Crippen molar-refractivity contribution in [3.05, 3.63) is 30.6 Å². The summed E-state index contributed by atoms with van der Waals surface area (Å²) >= 11 is 0. The van der Waals surface area contributed by atoms with Crippen LogP contribution in [0.5, 0.6) is 0 Å². The van der Waals surface area contributed by atoms with Crippen LogP contribution in [0.1, 0.15) is 26.2 Å². The summed E-state index contributed by atoms with van der Waals surface area (Å²) in [6.45, 7) is 5.17. The fraction of sp³-hybridized carbons (Fsp3) is 0.526. The van der Waals surface area contributed by atoms with E-state index in [4.69, 9.17) is 0 Å². The Morgan fingerprint density at radius 2 is 2.12 bits per heavy atom. The average Bonchev–Trinajstić information content (AvgIpc) is 3.08. The van der Waals surface area contributed by atoms with Crippen LogP contribution in [0.2, 0.25) is 0 Å². The molecular formula is C19H27N5O2. The van der Waals surface area contributed by atoms with Gasteiger partial charge in [-0.25, -0.2) is 9.78 Å². The molecule has 1 aromatic heterocycles. The number of amides is 3. The van der Waals surface area contributed by atoms with Gasteiger partial charge in [-0.05, 0) is 38.3 Å². The number of carbonyl (C=O) groups is 2. The largest absolute Gasteiger partial charge is 0.356 e. The van der Waals surface area contributed by atoms with Gasteiger partial charge >= 0.3 is 6.03 Å². The zero-order chi connectivity index (χ0) is 18.4. The molecule has 0 aliphatic carbocycles. The van der Waals surface area contributed by atoms with Gasteiger partial charge in [-0.15, -0.1) is 0 Å². The Balaban J connectivity index is 1.43. The van der Waals surface area contributed by atoms with Crippen LogP contribution in [0.15, 0.2) is 30.6 Å². The van der Waals surface area contributed by atoms with Gasteiger partial charge in [0.2, 0.25) is 5.91 Å². The lowest BCUT2D eigenvalue weighted by molar-refractivity contribution is -0.126. The topological polar surface area (TPSA) is 79.3 Å². The summed E-state index contributed by atoms with van der Waals surface area (Å²) in [5, 5.41) is 5.83. The number of nitrogens with zero attached hydrogens (tertiary/aromatic N) is 3. The van der Waals surface area contributed by atoms with Gasteiger partial charge < -0.3 is 20.1 Å². The monoisotopic (exact) mass is 357 g/mol. The molecule has 2 aromatic rings. The first-order valence-corrected chi connectivity index (χ1v) is 9.39. The number of para-hydroxylation sites is 2. The van der Waals surface area contributed by atoms with Gasteiger partial charge in [0.1, 0.15) is 0 Å². The number of hydrogen-bond acceptors (Lipinski definition) is 3. The molecule has 26 heavy (non-hydrogen) atoms. The van der Waals surface area contributed by atoms with Gasteiger partial charge in [0.25, 0.3) is 0 Å². The molecule has 2 N–H and O–H groups in total. The molecule has 1 aliphatic heterocycles. The zero-order valence-electron chi connectivity index (χ0n) is 15.3. The van der Waals surface area contributed by atoms with Crippen LogP contribution >= 0.6 is 0 Å². The Bertz CT molecular complexity index is 757. The number of benzene rings is 1. The lowest BCUT2D eigenvalue weighted by Crippen LogP contribution is -2.49. The van der Waals surface area contributed by atoms with E-state index in [0.717, 1.165) is 36.8 Å². The highest BCUT2D eigenvalue weighted by molar-refractivity contribution is 5.80. The molecule has 0 saturated carbocycles. The van der Waals surface area contributed by atoms with E-state index >= 15 is 0 Å². The Hall–Kier alpha value is -2.57. The number of urea groups is 1. The summed E-state index contributed by atoms with van der Waals surface area (Å²) in [7, 11) is 0. The van der Waals surface area contributed by atoms with Gasteiger partial charge in [-0.2, -0.15) is 0 Å². The summed E-state index contributed by atoms with van der Waals surface area (Å²) in [6.07, 6.45) is 4.40. The highest BCUT2D eigenvalue weighted by Gasteiger charge is 2.27. The fourth-order valence-electron chi connectivity index (χ4n) is 3.44. The maximum absolute atomic E-state index is 12.4. The van der Waals surface area contributed by atoms with Gasteiger partial charge in [-0.1, -0.05) is 12.1 Å². The van der Waals surface area contributed by atoms with Crippen molar-refractivity contribution in [2.45, 2.75) is 32.7 Å². The molecule has 2 heterocycles. The molecule has 3 rings (SSSR count). The Kier molecular flexibility index (Phi) is 6.09. The smallest absolute Gasteiger partial charge is 0.317 e. The number of aromatic nitrogens is 2. The first-order valence-electron chi connectivity index (χ1n) is 9.39. The van der Waals surface area contributed by atoms with Crippen molar-refractivity contribution < 1.29 is 9.59 Å². The van der Waals surface area contributed by atoms with Crippen molar-refractivity contribution >= 4 is 23.0 Å². The summed E-state index contributed by atoms with van der Waals surface area (Å²) in [4.78, 5) is 30.5. The highest BCUT2D eigenvalue weighted by Crippen LogP contribution is 2.16. The Labute approximate surface area is 153 Å². The standard InChI is InChI=1S/C19H27N5O2/c1-2-20-18(25)15-7-5-11-23(13-15)19(26)21-10-6-12-24-14-22-16-8-3-4-9-17(16)24/h3-4,8-9,14-15H,2,5-7,10-13H2,1H3,(H,20,25)(H,21,26). The lowest BCUT2D eigenvalue weighted by atomic mass is 9.97. The van der Waals surface area contributed by atoms with E-state index in [2.05, 4.69) is 26.3 Å². The van der Waals surface area contributed by atoms with Crippen molar-refractivity contribution in [2.24, 2.45) is 5.92 Å². The van der Waals surface area contributed by atoms with Crippen LogP contribution in [0.25, 0.3) is 11.0 Å². The maximum atomic E-state index is 12.4. The lowest BCUT2D eigenvalue weighted by Gasteiger charge is -2.32. The molecule has 3 amide bonds. The van der Waals surface area contributed by atoms with Gasteiger partial charge in [-0.3, -0.25) is 4.79 Å². The summed E-state index contributed by atoms with van der Waals surface area (Å²) in [5.41, 5.74) is 2.10. The van der Waals surface area contributed by atoms with Crippen molar-refractivity contribution in [2.75, 3.05) is 26.2 Å². The van der Waals surface area contributed by atoms with E-state index < -0.39 is 0 Å². The SMILES string of the molecule is CCNC(=O)C1CCCN(C(=O)NCCCn2cnc3ccccc32)C1. The third-order valence-electron chi connectivity index (χ3n) is 4.81. The Morgan fingerprint density at radius 1 is 1.27 bits per heavy atom. The summed E-state index contributed by atoms with van der Waals surface area (Å²) in [6, 6.07) is 7.95. The minimum absolute atomic E-state index is 0.0528. The zero-order valence-corrected chi connectivity index (χ0v) is 15.3. The number of likely N-dealkylation sites (tertiary alicyclic amines) is 1. The van der Waals surface area contributed by atoms with Gasteiger partial charge in [0, 0.05) is 32.7 Å². The van der Waals surface area contributed by atoms with Crippen LogP contribution in [-0.4, -0.2) is 52.6 Å². The van der Waals surface area contributed by atoms with Crippen molar-refractivity contribution in [3.8, 4) is 0 Å². The number of aryl methyl sites for hydroxylation is 1. The molecule has 1 aromatic carbocycles. The van der Waals surface area contributed by atoms with Crippen LogP contribution in [0.4, 0.5) is 4.79 Å². The molecule has 0 spiro atoms. The first-order chi connectivity index (χ1) is 12.7. The number of imidazole rings is 1. The van der Waals surface area contributed by atoms with Crippen LogP contribution < -0.4 is 10.6 Å². The molecule has 1 fully saturated rings. The predicted octanol–water partition coefficient (Wildman–Crippen LogP) is 1.98. The third kappa shape index (κ3) is 4.33. The van der Waals surface area contributed by atoms with Crippen molar-refractivity contribution in [1.29, 1.82) is 0 Å². The van der Waals surface area contributed by atoms with Crippen molar-refractivity contribution in [1.82, 2.24) is 25.1 Å². The molecule has 7 heteroatoms. The van der Waals surface area contributed by atoms with Crippen LogP contribution in [-0.2, 0) is 11.3 Å². The molecular weight excluding hydrogens is 330 g/mol. The Morgan fingerprint density at radius 3 is 2.96 bits per heavy atom. The minimum Gasteiger partial charge on any atom is -0.356 e. The van der Waals surface area contributed by atoms with E-state index in [1.807, 2.05) is 31.5 Å². The number of carbonyl (C=O) groups excluding carboxylic acids is 2. The number of hydrogen-bond donors (Lipinski definition) is 2.